The minimum atomic E-state index is -0.0147. The molecular weight excluding hydrogens is 210 g/mol. The van der Waals surface area contributed by atoms with Gasteiger partial charge in [0, 0.05) is 5.56 Å². The maximum Gasteiger partial charge on any atom is 0.123 e. The third-order valence-electron chi connectivity index (χ3n) is 2.49. The van der Waals surface area contributed by atoms with Crippen LogP contribution in [0.4, 0.5) is 0 Å². The molecule has 2 heteroatoms. The molecule has 0 heterocycles. The standard InChI is InChI=1S/C15H21NO/c1-11(2)10-17-14-7-6-12(9-16)8-13(14)15(3,4)5/h6-8,11H,10H2,1-5H3. The lowest BCUT2D eigenvalue weighted by atomic mass is 9.85. The van der Waals surface area contributed by atoms with Crippen LogP contribution in [-0.4, -0.2) is 6.61 Å². The molecule has 0 saturated heterocycles. The van der Waals surface area contributed by atoms with Crippen LogP contribution in [0.3, 0.4) is 0 Å². The van der Waals surface area contributed by atoms with E-state index in [1.165, 1.54) is 0 Å². The van der Waals surface area contributed by atoms with Crippen LogP contribution in [0.2, 0.25) is 0 Å². The van der Waals surface area contributed by atoms with E-state index in [1.54, 1.807) is 0 Å². The second-order valence-electron chi connectivity index (χ2n) is 5.78. The Morgan fingerprint density at radius 1 is 1.29 bits per heavy atom. The molecule has 17 heavy (non-hydrogen) atoms. The minimum Gasteiger partial charge on any atom is -0.493 e. The molecule has 0 unspecified atom stereocenters. The largest absolute Gasteiger partial charge is 0.493 e. The molecule has 0 spiro atoms. The SMILES string of the molecule is CC(C)COc1ccc(C#N)cc1C(C)(C)C. The van der Waals surface area contributed by atoms with Gasteiger partial charge in [0.15, 0.2) is 0 Å². The molecule has 0 fully saturated rings. The third-order valence-corrected chi connectivity index (χ3v) is 2.49. The zero-order valence-electron chi connectivity index (χ0n) is 11.4. The Labute approximate surface area is 104 Å². The molecule has 0 atom stereocenters. The van der Waals surface area contributed by atoms with Crippen molar-refractivity contribution < 1.29 is 4.74 Å². The Morgan fingerprint density at radius 2 is 1.94 bits per heavy atom. The zero-order valence-corrected chi connectivity index (χ0v) is 11.4. The number of rotatable bonds is 3. The average molecular weight is 231 g/mol. The van der Waals surface area contributed by atoms with Crippen LogP contribution in [0.1, 0.15) is 45.7 Å². The van der Waals surface area contributed by atoms with Gasteiger partial charge in [0.05, 0.1) is 18.2 Å². The van der Waals surface area contributed by atoms with E-state index in [9.17, 15) is 0 Å². The Morgan fingerprint density at radius 3 is 2.41 bits per heavy atom. The van der Waals surface area contributed by atoms with Gasteiger partial charge in [0.2, 0.25) is 0 Å². The molecule has 0 bridgehead atoms. The van der Waals surface area contributed by atoms with Crippen LogP contribution in [0, 0.1) is 17.2 Å². The highest BCUT2D eigenvalue weighted by Gasteiger charge is 2.19. The Kier molecular flexibility index (Phi) is 4.17. The Balaban J connectivity index is 3.08. The topological polar surface area (TPSA) is 33.0 Å². The van der Waals surface area contributed by atoms with Gasteiger partial charge in [0.1, 0.15) is 5.75 Å². The van der Waals surface area contributed by atoms with E-state index in [2.05, 4.69) is 40.7 Å². The summed E-state index contributed by atoms with van der Waals surface area (Å²) < 4.78 is 5.82. The minimum absolute atomic E-state index is 0.0147. The number of hydrogen-bond acceptors (Lipinski definition) is 2. The predicted molar refractivity (Wildman–Crippen MR) is 70.2 cm³/mol. The lowest BCUT2D eigenvalue weighted by Crippen LogP contribution is -2.15. The summed E-state index contributed by atoms with van der Waals surface area (Å²) in [5.74, 6) is 1.39. The van der Waals surface area contributed by atoms with Crippen LogP contribution >= 0.6 is 0 Å². The molecule has 2 nitrogen and oxygen atoms in total. The molecule has 0 saturated carbocycles. The third kappa shape index (κ3) is 3.78. The molecule has 0 aliphatic rings. The highest BCUT2D eigenvalue weighted by Crippen LogP contribution is 2.32. The van der Waals surface area contributed by atoms with E-state index < -0.39 is 0 Å². The monoisotopic (exact) mass is 231 g/mol. The molecule has 0 N–H and O–H groups in total. The van der Waals surface area contributed by atoms with Crippen molar-refractivity contribution in [1.82, 2.24) is 0 Å². The lowest BCUT2D eigenvalue weighted by Gasteiger charge is -2.23. The normalized spacial score (nSPS) is 11.4. The van der Waals surface area contributed by atoms with Crippen molar-refractivity contribution in [3.05, 3.63) is 29.3 Å². The van der Waals surface area contributed by atoms with E-state index >= 15 is 0 Å². The van der Waals surface area contributed by atoms with Crippen molar-refractivity contribution in [2.75, 3.05) is 6.61 Å². The fraction of sp³-hybridized carbons (Fsp3) is 0.533. The summed E-state index contributed by atoms with van der Waals surface area (Å²) in [5, 5.41) is 8.95. The van der Waals surface area contributed by atoms with Gasteiger partial charge in [-0.05, 0) is 29.5 Å². The molecule has 0 amide bonds. The molecule has 0 aliphatic heterocycles. The number of ether oxygens (including phenoxy) is 1. The van der Waals surface area contributed by atoms with Crippen molar-refractivity contribution in [1.29, 1.82) is 5.26 Å². The van der Waals surface area contributed by atoms with Crippen LogP contribution in [0.15, 0.2) is 18.2 Å². The molecular formula is C15H21NO. The first-order valence-electron chi connectivity index (χ1n) is 6.02. The summed E-state index contributed by atoms with van der Waals surface area (Å²) >= 11 is 0. The molecule has 1 rings (SSSR count). The number of hydrogen-bond donors (Lipinski definition) is 0. The average Bonchev–Trinajstić information content (AvgIpc) is 2.24. The van der Waals surface area contributed by atoms with Gasteiger partial charge in [-0.3, -0.25) is 0 Å². The summed E-state index contributed by atoms with van der Waals surface area (Å²) in [7, 11) is 0. The van der Waals surface area contributed by atoms with E-state index in [-0.39, 0.29) is 5.41 Å². The van der Waals surface area contributed by atoms with Crippen LogP contribution in [0.5, 0.6) is 5.75 Å². The number of nitrogens with zero attached hydrogens (tertiary/aromatic N) is 1. The fourth-order valence-electron chi connectivity index (χ4n) is 1.57. The first-order chi connectivity index (χ1) is 7.84. The molecule has 0 aromatic heterocycles. The van der Waals surface area contributed by atoms with E-state index in [0.29, 0.717) is 18.1 Å². The molecule has 0 radical (unpaired) electrons. The van der Waals surface area contributed by atoms with Crippen molar-refractivity contribution >= 4 is 0 Å². The number of nitriles is 1. The smallest absolute Gasteiger partial charge is 0.123 e. The van der Waals surface area contributed by atoms with Gasteiger partial charge < -0.3 is 4.74 Å². The highest BCUT2D eigenvalue weighted by molar-refractivity contribution is 5.45. The van der Waals surface area contributed by atoms with Gasteiger partial charge in [-0.15, -0.1) is 0 Å². The van der Waals surface area contributed by atoms with Crippen LogP contribution in [0.25, 0.3) is 0 Å². The number of benzene rings is 1. The summed E-state index contributed by atoms with van der Waals surface area (Å²) in [6.07, 6.45) is 0. The van der Waals surface area contributed by atoms with E-state index in [1.807, 2.05) is 18.2 Å². The van der Waals surface area contributed by atoms with E-state index in [4.69, 9.17) is 10.00 Å². The highest BCUT2D eigenvalue weighted by atomic mass is 16.5. The second kappa shape index (κ2) is 5.23. The predicted octanol–water partition coefficient (Wildman–Crippen LogP) is 3.89. The molecule has 92 valence electrons. The summed E-state index contributed by atoms with van der Waals surface area (Å²) in [4.78, 5) is 0. The van der Waals surface area contributed by atoms with Crippen LogP contribution < -0.4 is 4.74 Å². The summed E-state index contributed by atoms with van der Waals surface area (Å²) in [6, 6.07) is 7.82. The first kappa shape index (κ1) is 13.6. The Bertz CT molecular complexity index is 422. The van der Waals surface area contributed by atoms with E-state index in [0.717, 1.165) is 11.3 Å². The summed E-state index contributed by atoms with van der Waals surface area (Å²) in [6.45, 7) is 11.3. The van der Waals surface area contributed by atoms with Crippen molar-refractivity contribution in [2.45, 2.75) is 40.0 Å². The Hall–Kier alpha value is -1.49. The molecule has 1 aromatic rings. The van der Waals surface area contributed by atoms with Gasteiger partial charge in [-0.25, -0.2) is 0 Å². The second-order valence-corrected chi connectivity index (χ2v) is 5.78. The van der Waals surface area contributed by atoms with Crippen LogP contribution in [-0.2, 0) is 5.41 Å². The van der Waals surface area contributed by atoms with Gasteiger partial charge in [0.25, 0.3) is 0 Å². The first-order valence-corrected chi connectivity index (χ1v) is 6.02. The van der Waals surface area contributed by atoms with Gasteiger partial charge in [-0.2, -0.15) is 5.26 Å². The molecule has 0 aliphatic carbocycles. The zero-order chi connectivity index (χ0) is 13.1. The quantitative estimate of drug-likeness (QED) is 0.790. The van der Waals surface area contributed by atoms with Crippen molar-refractivity contribution in [2.24, 2.45) is 5.92 Å². The summed E-state index contributed by atoms with van der Waals surface area (Å²) in [5.41, 5.74) is 1.77. The van der Waals surface area contributed by atoms with Gasteiger partial charge >= 0.3 is 0 Å². The maximum atomic E-state index is 8.95. The fourth-order valence-corrected chi connectivity index (χ4v) is 1.57. The van der Waals surface area contributed by atoms with Crippen molar-refractivity contribution in [3.63, 3.8) is 0 Å². The molecule has 1 aromatic carbocycles. The lowest BCUT2D eigenvalue weighted by molar-refractivity contribution is 0.265. The van der Waals surface area contributed by atoms with Gasteiger partial charge in [-0.1, -0.05) is 34.6 Å². The van der Waals surface area contributed by atoms with Crippen molar-refractivity contribution in [3.8, 4) is 11.8 Å². The maximum absolute atomic E-state index is 8.95.